The van der Waals surface area contributed by atoms with E-state index in [1.807, 2.05) is 36.4 Å². The normalized spacial score (nSPS) is 10.1. The molecule has 0 aliphatic carbocycles. The highest BCUT2D eigenvalue weighted by molar-refractivity contribution is 14.1. The summed E-state index contributed by atoms with van der Waals surface area (Å²) in [5.74, 6) is 1.16. The van der Waals surface area contributed by atoms with Crippen LogP contribution >= 0.6 is 22.6 Å². The van der Waals surface area contributed by atoms with E-state index in [0.29, 0.717) is 6.61 Å². The van der Waals surface area contributed by atoms with E-state index in [-0.39, 0.29) is 5.75 Å². The minimum atomic E-state index is 0.276. The summed E-state index contributed by atoms with van der Waals surface area (Å²) in [5, 5.41) is 9.14. The minimum Gasteiger partial charge on any atom is -0.508 e. The Kier molecular flexibility index (Phi) is 3.66. The molecule has 2 aromatic rings. The maximum absolute atomic E-state index is 9.14. The number of hydrogen-bond donors (Lipinski definition) is 1. The summed E-state index contributed by atoms with van der Waals surface area (Å²) in [6.45, 7) is 0.514. The first-order valence-corrected chi connectivity index (χ1v) is 5.99. The smallest absolute Gasteiger partial charge is 0.133 e. The molecule has 0 saturated heterocycles. The molecule has 2 aromatic carbocycles. The zero-order valence-electron chi connectivity index (χ0n) is 8.56. The van der Waals surface area contributed by atoms with Crippen LogP contribution < -0.4 is 4.74 Å². The number of phenolic OH excluding ortho intramolecular Hbond substituents is 1. The molecule has 0 atom stereocenters. The quantitative estimate of drug-likeness (QED) is 0.874. The van der Waals surface area contributed by atoms with Gasteiger partial charge < -0.3 is 9.84 Å². The predicted octanol–water partition coefficient (Wildman–Crippen LogP) is 3.58. The highest BCUT2D eigenvalue weighted by Gasteiger charge is 1.99. The topological polar surface area (TPSA) is 29.5 Å². The van der Waals surface area contributed by atoms with Crippen LogP contribution in [0.2, 0.25) is 0 Å². The maximum atomic E-state index is 9.14. The Labute approximate surface area is 108 Å². The third-order valence-corrected chi connectivity index (χ3v) is 3.06. The SMILES string of the molecule is Oc1ccc(COc2ccccc2I)cc1. The van der Waals surface area contributed by atoms with Gasteiger partial charge in [0, 0.05) is 0 Å². The van der Waals surface area contributed by atoms with Crippen molar-refractivity contribution >= 4 is 22.6 Å². The average molecular weight is 326 g/mol. The third-order valence-electron chi connectivity index (χ3n) is 2.17. The van der Waals surface area contributed by atoms with Crippen LogP contribution in [-0.4, -0.2) is 5.11 Å². The number of rotatable bonds is 3. The molecule has 2 rings (SSSR count). The summed E-state index contributed by atoms with van der Waals surface area (Å²) in [6.07, 6.45) is 0. The van der Waals surface area contributed by atoms with Crippen molar-refractivity contribution in [2.75, 3.05) is 0 Å². The first kappa shape index (κ1) is 11.3. The van der Waals surface area contributed by atoms with Crippen molar-refractivity contribution in [2.24, 2.45) is 0 Å². The zero-order valence-corrected chi connectivity index (χ0v) is 10.7. The van der Waals surface area contributed by atoms with Crippen LogP contribution in [-0.2, 0) is 6.61 Å². The Morgan fingerprint density at radius 2 is 1.69 bits per heavy atom. The van der Waals surface area contributed by atoms with Crippen molar-refractivity contribution in [3.63, 3.8) is 0 Å². The monoisotopic (exact) mass is 326 g/mol. The van der Waals surface area contributed by atoms with Crippen LogP contribution in [0.3, 0.4) is 0 Å². The van der Waals surface area contributed by atoms with Crippen LogP contribution in [0.25, 0.3) is 0 Å². The van der Waals surface area contributed by atoms with Crippen molar-refractivity contribution in [1.29, 1.82) is 0 Å². The Morgan fingerprint density at radius 3 is 2.38 bits per heavy atom. The summed E-state index contributed by atoms with van der Waals surface area (Å²) in [6, 6.07) is 14.9. The Hall–Kier alpha value is -1.23. The van der Waals surface area contributed by atoms with Gasteiger partial charge >= 0.3 is 0 Å². The van der Waals surface area contributed by atoms with Gasteiger partial charge in [0.2, 0.25) is 0 Å². The van der Waals surface area contributed by atoms with E-state index in [1.165, 1.54) is 0 Å². The Morgan fingerprint density at radius 1 is 1.00 bits per heavy atom. The standard InChI is InChI=1S/C13H11IO2/c14-12-3-1-2-4-13(12)16-9-10-5-7-11(15)8-6-10/h1-8,15H,9H2. The number of ether oxygens (including phenoxy) is 1. The predicted molar refractivity (Wildman–Crippen MR) is 71.6 cm³/mol. The van der Waals surface area contributed by atoms with Crippen LogP contribution in [0.5, 0.6) is 11.5 Å². The lowest BCUT2D eigenvalue weighted by atomic mass is 10.2. The number of phenols is 1. The number of para-hydroxylation sites is 1. The van der Waals surface area contributed by atoms with Crippen LogP contribution in [0.1, 0.15) is 5.56 Å². The molecule has 0 aliphatic rings. The van der Waals surface area contributed by atoms with Gasteiger partial charge in [0.05, 0.1) is 3.57 Å². The van der Waals surface area contributed by atoms with Crippen molar-refractivity contribution in [1.82, 2.24) is 0 Å². The number of halogens is 1. The molecule has 0 amide bonds. The van der Waals surface area contributed by atoms with Gasteiger partial charge in [-0.3, -0.25) is 0 Å². The van der Waals surface area contributed by atoms with Gasteiger partial charge in [-0.2, -0.15) is 0 Å². The van der Waals surface area contributed by atoms with E-state index >= 15 is 0 Å². The summed E-state index contributed by atoms with van der Waals surface area (Å²) in [5.41, 5.74) is 1.04. The highest BCUT2D eigenvalue weighted by Crippen LogP contribution is 2.21. The molecule has 0 spiro atoms. The second-order valence-corrected chi connectivity index (χ2v) is 4.55. The fourth-order valence-corrected chi connectivity index (χ4v) is 1.86. The van der Waals surface area contributed by atoms with E-state index in [1.54, 1.807) is 12.1 Å². The van der Waals surface area contributed by atoms with Gasteiger partial charge in [-0.25, -0.2) is 0 Å². The largest absolute Gasteiger partial charge is 0.508 e. The molecule has 3 heteroatoms. The molecule has 16 heavy (non-hydrogen) atoms. The van der Waals surface area contributed by atoms with E-state index in [9.17, 15) is 0 Å². The number of hydrogen-bond acceptors (Lipinski definition) is 2. The summed E-state index contributed by atoms with van der Waals surface area (Å²) in [4.78, 5) is 0. The van der Waals surface area contributed by atoms with Crippen molar-refractivity contribution < 1.29 is 9.84 Å². The van der Waals surface area contributed by atoms with Crippen LogP contribution in [0.4, 0.5) is 0 Å². The molecule has 2 nitrogen and oxygen atoms in total. The van der Waals surface area contributed by atoms with Gasteiger partial charge in [0.15, 0.2) is 0 Å². The zero-order chi connectivity index (χ0) is 11.4. The van der Waals surface area contributed by atoms with Gasteiger partial charge in [0.25, 0.3) is 0 Å². The lowest BCUT2D eigenvalue weighted by Gasteiger charge is -2.07. The average Bonchev–Trinajstić information content (AvgIpc) is 2.30. The molecule has 0 aliphatic heterocycles. The van der Waals surface area contributed by atoms with Gasteiger partial charge in [-0.15, -0.1) is 0 Å². The van der Waals surface area contributed by atoms with Crippen LogP contribution in [0.15, 0.2) is 48.5 Å². The van der Waals surface area contributed by atoms with E-state index < -0.39 is 0 Å². The molecule has 82 valence electrons. The Balaban J connectivity index is 2.02. The minimum absolute atomic E-state index is 0.276. The van der Waals surface area contributed by atoms with Crippen molar-refractivity contribution in [3.05, 3.63) is 57.7 Å². The van der Waals surface area contributed by atoms with Gasteiger partial charge in [-0.05, 0) is 52.4 Å². The van der Waals surface area contributed by atoms with E-state index in [4.69, 9.17) is 9.84 Å². The van der Waals surface area contributed by atoms with Gasteiger partial charge in [-0.1, -0.05) is 24.3 Å². The first-order valence-electron chi connectivity index (χ1n) is 4.91. The molecule has 0 aromatic heterocycles. The molecule has 0 fully saturated rings. The third kappa shape index (κ3) is 2.88. The molecule has 0 unspecified atom stereocenters. The lowest BCUT2D eigenvalue weighted by molar-refractivity contribution is 0.304. The van der Waals surface area contributed by atoms with Gasteiger partial charge in [0.1, 0.15) is 18.1 Å². The highest BCUT2D eigenvalue weighted by atomic mass is 127. The van der Waals surface area contributed by atoms with Crippen molar-refractivity contribution in [3.8, 4) is 11.5 Å². The molecular weight excluding hydrogens is 315 g/mol. The first-order chi connectivity index (χ1) is 7.75. The molecule has 1 N–H and O–H groups in total. The second kappa shape index (κ2) is 5.21. The van der Waals surface area contributed by atoms with E-state index in [2.05, 4.69) is 22.6 Å². The fourth-order valence-electron chi connectivity index (χ4n) is 1.32. The number of benzene rings is 2. The fraction of sp³-hybridized carbons (Fsp3) is 0.0769. The molecular formula is C13H11IO2. The summed E-state index contributed by atoms with van der Waals surface area (Å²) >= 11 is 2.24. The molecule has 0 bridgehead atoms. The molecule has 0 radical (unpaired) electrons. The summed E-state index contributed by atoms with van der Waals surface area (Å²) < 4.78 is 6.77. The van der Waals surface area contributed by atoms with E-state index in [0.717, 1.165) is 14.9 Å². The summed E-state index contributed by atoms with van der Waals surface area (Å²) in [7, 11) is 0. The van der Waals surface area contributed by atoms with Crippen LogP contribution in [0, 0.1) is 3.57 Å². The second-order valence-electron chi connectivity index (χ2n) is 3.39. The lowest BCUT2D eigenvalue weighted by Crippen LogP contribution is -1.96. The Bertz CT molecular complexity index is 466. The van der Waals surface area contributed by atoms with Crippen molar-refractivity contribution in [2.45, 2.75) is 6.61 Å². The number of aromatic hydroxyl groups is 1. The molecule has 0 saturated carbocycles. The maximum Gasteiger partial charge on any atom is 0.133 e. The molecule has 0 heterocycles.